The lowest BCUT2D eigenvalue weighted by Crippen LogP contribution is -2.67. The molecule has 1 fully saturated rings. The van der Waals surface area contributed by atoms with E-state index in [9.17, 15) is 14.4 Å². The van der Waals surface area contributed by atoms with Crippen molar-refractivity contribution < 1.29 is 14.4 Å². The van der Waals surface area contributed by atoms with Gasteiger partial charge in [0, 0.05) is 14.1 Å². The third-order valence-corrected chi connectivity index (χ3v) is 2.98. The maximum atomic E-state index is 11.8. The van der Waals surface area contributed by atoms with Gasteiger partial charge in [-0.2, -0.15) is 4.99 Å². The fourth-order valence-corrected chi connectivity index (χ4v) is 1.68. The van der Waals surface area contributed by atoms with Gasteiger partial charge in [0.25, 0.3) is 10.9 Å². The first-order valence-corrected chi connectivity index (χ1v) is 4.42. The van der Waals surface area contributed by atoms with Crippen LogP contribution in [-0.4, -0.2) is 52.7 Å². The van der Waals surface area contributed by atoms with Gasteiger partial charge in [-0.25, -0.2) is 9.59 Å². The highest BCUT2D eigenvalue weighted by Crippen LogP contribution is 2.31. The van der Waals surface area contributed by atoms with Crippen molar-refractivity contribution in [2.75, 3.05) is 14.1 Å². The molecule has 5 amide bonds. The first-order chi connectivity index (χ1) is 6.89. The topological polar surface area (TPSA) is 82.1 Å². The lowest BCUT2D eigenvalue weighted by Gasteiger charge is -2.35. The van der Waals surface area contributed by atoms with Crippen LogP contribution in [0.1, 0.15) is 0 Å². The zero-order valence-corrected chi connectivity index (χ0v) is 8.70. The van der Waals surface area contributed by atoms with E-state index in [0.29, 0.717) is 0 Å². The van der Waals surface area contributed by atoms with Gasteiger partial charge in [0.2, 0.25) is 0 Å². The predicted octanol–water partition coefficient (Wildman–Crippen LogP) is -0.433. The standard InChI is InChI=1S/C7H7ClN4O3/c1-11-4(13)7(8)3(9-5(11)14)10-6(15)12(7)2/h1-2H3,(H,9,10,14,15). The number of amides is 5. The molecule has 2 rings (SSSR count). The Morgan fingerprint density at radius 2 is 1.93 bits per heavy atom. The summed E-state index contributed by atoms with van der Waals surface area (Å²) in [4.78, 5) is 37.8. The summed E-state index contributed by atoms with van der Waals surface area (Å²) in [7, 11) is 2.62. The maximum Gasteiger partial charge on any atom is 0.347 e. The second-order valence-electron chi connectivity index (χ2n) is 3.22. The first kappa shape index (κ1) is 9.91. The molecule has 2 heterocycles. The van der Waals surface area contributed by atoms with Crippen LogP contribution in [0.3, 0.4) is 0 Å². The third-order valence-electron chi connectivity index (χ3n) is 2.39. The number of hydrogen-bond acceptors (Lipinski definition) is 3. The van der Waals surface area contributed by atoms with Crippen LogP contribution >= 0.6 is 11.6 Å². The number of amidine groups is 1. The zero-order valence-electron chi connectivity index (χ0n) is 7.94. The highest BCUT2D eigenvalue weighted by atomic mass is 35.5. The minimum absolute atomic E-state index is 0.134. The van der Waals surface area contributed by atoms with Crippen molar-refractivity contribution in [3.63, 3.8) is 0 Å². The summed E-state index contributed by atoms with van der Waals surface area (Å²) < 4.78 is 0. The van der Waals surface area contributed by atoms with Gasteiger partial charge < -0.3 is 0 Å². The molecule has 15 heavy (non-hydrogen) atoms. The molecule has 0 aliphatic carbocycles. The second kappa shape index (κ2) is 2.69. The van der Waals surface area contributed by atoms with Gasteiger partial charge in [-0.15, -0.1) is 0 Å². The highest BCUT2D eigenvalue weighted by Gasteiger charge is 2.58. The summed E-state index contributed by atoms with van der Waals surface area (Å²) in [6.45, 7) is 0. The number of fused-ring (bicyclic) bond motifs is 1. The average Bonchev–Trinajstić information content (AvgIpc) is 2.41. The molecule has 0 aromatic carbocycles. The Hall–Kier alpha value is -1.63. The number of imide groups is 1. The summed E-state index contributed by atoms with van der Waals surface area (Å²) in [6.07, 6.45) is 0. The Balaban J connectivity index is 2.53. The van der Waals surface area contributed by atoms with E-state index in [0.717, 1.165) is 9.80 Å². The van der Waals surface area contributed by atoms with Crippen molar-refractivity contribution in [3.8, 4) is 0 Å². The van der Waals surface area contributed by atoms with Gasteiger partial charge in [0.15, 0.2) is 5.84 Å². The van der Waals surface area contributed by atoms with E-state index in [1.807, 2.05) is 0 Å². The molecule has 1 atom stereocenters. The smallest absolute Gasteiger partial charge is 0.292 e. The molecule has 8 heteroatoms. The molecule has 7 nitrogen and oxygen atoms in total. The lowest BCUT2D eigenvalue weighted by molar-refractivity contribution is -0.131. The minimum Gasteiger partial charge on any atom is -0.292 e. The number of nitrogens with one attached hydrogen (secondary N) is 1. The van der Waals surface area contributed by atoms with E-state index in [4.69, 9.17) is 11.6 Å². The van der Waals surface area contributed by atoms with Crippen molar-refractivity contribution >= 4 is 35.4 Å². The van der Waals surface area contributed by atoms with Crippen LogP contribution in [0.2, 0.25) is 0 Å². The molecule has 1 N–H and O–H groups in total. The van der Waals surface area contributed by atoms with Crippen LogP contribution in [0.5, 0.6) is 0 Å². The van der Waals surface area contributed by atoms with Gasteiger partial charge in [-0.05, 0) is 0 Å². The number of hydrogen-bond donors (Lipinski definition) is 1. The van der Waals surface area contributed by atoms with Crippen LogP contribution < -0.4 is 5.32 Å². The van der Waals surface area contributed by atoms with Crippen molar-refractivity contribution in [3.05, 3.63) is 0 Å². The number of rotatable bonds is 0. The Morgan fingerprint density at radius 1 is 1.33 bits per heavy atom. The molecule has 1 unspecified atom stereocenters. The number of carbonyl (C=O) groups is 3. The molecule has 0 saturated carbocycles. The molecule has 80 valence electrons. The fourth-order valence-electron chi connectivity index (χ4n) is 1.39. The van der Waals surface area contributed by atoms with Crippen LogP contribution in [-0.2, 0) is 4.79 Å². The number of halogens is 1. The van der Waals surface area contributed by atoms with E-state index in [-0.39, 0.29) is 5.84 Å². The molecule has 1 saturated heterocycles. The Bertz CT molecular complexity index is 420. The molecule has 0 aromatic heterocycles. The Labute approximate surface area is 89.7 Å². The van der Waals surface area contributed by atoms with Gasteiger partial charge in [-0.1, -0.05) is 11.6 Å². The number of nitrogens with zero attached hydrogens (tertiary/aromatic N) is 3. The van der Waals surface area contributed by atoms with Crippen molar-refractivity contribution in [1.29, 1.82) is 0 Å². The predicted molar refractivity (Wildman–Crippen MR) is 50.5 cm³/mol. The number of likely N-dealkylation sites (N-methyl/N-ethyl adjacent to an activating group) is 2. The van der Waals surface area contributed by atoms with Crippen LogP contribution in [0.15, 0.2) is 4.99 Å². The van der Waals surface area contributed by atoms with E-state index < -0.39 is 23.0 Å². The Kier molecular flexibility index (Phi) is 1.78. The molecule has 2 aliphatic heterocycles. The van der Waals surface area contributed by atoms with Gasteiger partial charge in [0.05, 0.1) is 0 Å². The van der Waals surface area contributed by atoms with E-state index in [2.05, 4.69) is 10.3 Å². The van der Waals surface area contributed by atoms with E-state index in [1.165, 1.54) is 14.1 Å². The van der Waals surface area contributed by atoms with Gasteiger partial charge >= 0.3 is 12.1 Å². The Morgan fingerprint density at radius 3 is 2.53 bits per heavy atom. The first-order valence-electron chi connectivity index (χ1n) is 4.04. The number of alkyl halides is 1. The molecule has 0 bridgehead atoms. The normalized spacial score (nSPS) is 30.3. The van der Waals surface area contributed by atoms with Crippen LogP contribution in [0.4, 0.5) is 9.59 Å². The highest BCUT2D eigenvalue weighted by molar-refractivity contribution is 6.52. The maximum absolute atomic E-state index is 11.8. The third kappa shape index (κ3) is 1.01. The van der Waals surface area contributed by atoms with Crippen LogP contribution in [0, 0.1) is 0 Å². The second-order valence-corrected chi connectivity index (χ2v) is 3.77. The lowest BCUT2D eigenvalue weighted by atomic mass is 10.2. The molecular weight excluding hydrogens is 224 g/mol. The van der Waals surface area contributed by atoms with Gasteiger partial charge in [0.1, 0.15) is 0 Å². The SMILES string of the molecule is CN1C(=O)NC2=NC(=O)N(C)C2(Cl)C1=O. The summed E-state index contributed by atoms with van der Waals surface area (Å²) >= 11 is 6.00. The number of urea groups is 2. The summed E-state index contributed by atoms with van der Waals surface area (Å²) in [5.74, 6) is -0.829. The van der Waals surface area contributed by atoms with E-state index in [1.54, 1.807) is 0 Å². The largest absolute Gasteiger partial charge is 0.347 e. The average molecular weight is 231 g/mol. The van der Waals surface area contributed by atoms with Crippen LogP contribution in [0.25, 0.3) is 0 Å². The summed E-state index contributed by atoms with van der Waals surface area (Å²) in [5, 5.41) is 2.28. The zero-order chi connectivity index (χ0) is 11.4. The minimum atomic E-state index is -1.71. The quantitative estimate of drug-likeness (QED) is 0.453. The number of carbonyl (C=O) groups excluding carboxylic acids is 3. The van der Waals surface area contributed by atoms with Gasteiger partial charge in [-0.3, -0.25) is 19.9 Å². The fraction of sp³-hybridized carbons (Fsp3) is 0.429. The summed E-state index contributed by atoms with van der Waals surface area (Å²) in [6, 6.07) is -1.32. The molecule has 0 radical (unpaired) electrons. The molecule has 0 aromatic rings. The van der Waals surface area contributed by atoms with Crippen molar-refractivity contribution in [2.45, 2.75) is 5.00 Å². The number of aliphatic imine (C=N–C) groups is 1. The molecule has 0 spiro atoms. The summed E-state index contributed by atoms with van der Waals surface area (Å²) in [5.41, 5.74) is 0. The van der Waals surface area contributed by atoms with Crippen molar-refractivity contribution in [1.82, 2.24) is 15.1 Å². The van der Waals surface area contributed by atoms with Crippen molar-refractivity contribution in [2.24, 2.45) is 4.99 Å². The molecule has 2 aliphatic rings. The van der Waals surface area contributed by atoms with E-state index >= 15 is 0 Å². The molecular formula is C7H7ClN4O3. The monoisotopic (exact) mass is 230 g/mol.